The Morgan fingerprint density at radius 2 is 1.41 bits per heavy atom. The molecule has 1 aromatic heterocycles. The van der Waals surface area contributed by atoms with Crippen LogP contribution in [0.4, 0.5) is 8.78 Å². The zero-order chi connectivity index (χ0) is 36.1. The van der Waals surface area contributed by atoms with Crippen LogP contribution in [0, 0.1) is 11.6 Å². The van der Waals surface area contributed by atoms with Gasteiger partial charge in [-0.2, -0.15) is 0 Å². The second kappa shape index (κ2) is 18.5. The minimum absolute atomic E-state index is 0.00421. The Kier molecular flexibility index (Phi) is 14.8. The first-order valence-electron chi connectivity index (χ1n) is 16.2. The second-order valence-corrected chi connectivity index (χ2v) is 14.3. The molecule has 0 aliphatic rings. The Morgan fingerprint density at radius 1 is 0.816 bits per heavy atom. The van der Waals surface area contributed by atoms with E-state index in [1.165, 1.54) is 31.5 Å². The minimum Gasteiger partial charge on any atom is -0.388 e. The average molecular weight is 703 g/mol. The number of sulfone groups is 1. The van der Waals surface area contributed by atoms with Crippen LogP contribution < -0.4 is 16.0 Å². The van der Waals surface area contributed by atoms with E-state index in [0.717, 1.165) is 12.1 Å². The van der Waals surface area contributed by atoms with Gasteiger partial charge >= 0.3 is 0 Å². The Labute approximate surface area is 285 Å². The predicted octanol–water partition coefficient (Wildman–Crippen LogP) is 3.11. The van der Waals surface area contributed by atoms with Crippen molar-refractivity contribution in [3.05, 3.63) is 101 Å². The number of rotatable bonds is 18. The van der Waals surface area contributed by atoms with Crippen molar-refractivity contribution in [3.8, 4) is 0 Å². The molecule has 0 aliphatic heterocycles. The van der Waals surface area contributed by atoms with Crippen LogP contribution in [0.3, 0.4) is 0 Å². The van der Waals surface area contributed by atoms with E-state index >= 15 is 0 Å². The molecule has 1 heterocycles. The molecule has 49 heavy (non-hydrogen) atoms. The molecule has 14 heteroatoms. The van der Waals surface area contributed by atoms with Crippen LogP contribution in [0.1, 0.15) is 72.7 Å². The largest absolute Gasteiger partial charge is 0.388 e. The number of aromatic nitrogens is 1. The monoisotopic (exact) mass is 702 g/mol. The number of carbonyl (C=O) groups excluding carboxylic acids is 3. The lowest BCUT2D eigenvalue weighted by Gasteiger charge is -2.32. The average Bonchev–Trinajstić information content (AvgIpc) is 3.07. The van der Waals surface area contributed by atoms with E-state index in [1.54, 1.807) is 30.3 Å². The molecule has 2 aromatic carbocycles. The van der Waals surface area contributed by atoms with Crippen LogP contribution >= 0.6 is 0 Å². The van der Waals surface area contributed by atoms with Crippen molar-refractivity contribution < 1.29 is 41.8 Å². The number of pyridine rings is 1. The molecule has 0 saturated carbocycles. The third-order valence-corrected chi connectivity index (χ3v) is 10.3. The Bertz CT molecular complexity index is 1620. The highest BCUT2D eigenvalue weighted by molar-refractivity contribution is 7.92. The number of carbonyl (C=O) groups is 3. The molecule has 11 nitrogen and oxygen atoms in total. The summed E-state index contributed by atoms with van der Waals surface area (Å²) in [5, 5.41) is 29.3. The molecule has 0 saturated heterocycles. The minimum atomic E-state index is -3.96. The first kappa shape index (κ1) is 39.2. The van der Waals surface area contributed by atoms with E-state index in [1.807, 2.05) is 13.8 Å². The van der Waals surface area contributed by atoms with E-state index in [2.05, 4.69) is 20.9 Å². The van der Waals surface area contributed by atoms with Gasteiger partial charge in [0.15, 0.2) is 9.84 Å². The Morgan fingerprint density at radius 3 is 1.98 bits per heavy atom. The highest BCUT2D eigenvalue weighted by atomic mass is 32.2. The number of aliphatic hydroxyl groups is 2. The first-order valence-corrected chi connectivity index (χ1v) is 17.9. The molecular formula is C35H44F2N4O7S. The fourth-order valence-electron chi connectivity index (χ4n) is 5.46. The van der Waals surface area contributed by atoms with Gasteiger partial charge in [0.2, 0.25) is 5.91 Å². The Balaban J connectivity index is 1.94. The predicted molar refractivity (Wildman–Crippen MR) is 180 cm³/mol. The van der Waals surface area contributed by atoms with Crippen molar-refractivity contribution in [1.82, 2.24) is 20.9 Å². The van der Waals surface area contributed by atoms with Gasteiger partial charge in [0.05, 0.1) is 28.6 Å². The van der Waals surface area contributed by atoms with Crippen molar-refractivity contribution in [1.29, 1.82) is 0 Å². The third kappa shape index (κ3) is 11.7. The molecule has 0 fully saturated rings. The SMILES string of the molecule is CCCC(CCC)S(=O)(=O)C[C@@H](NC(=O)c1cccnc1)C(=O)N[C@@H](Cc1cc(F)cc(F)c1)[C@@H](O)[C@H](O)[C@@H](C)NC(=O)c1ccccc1. The molecule has 5 N–H and O–H groups in total. The summed E-state index contributed by atoms with van der Waals surface area (Å²) in [7, 11) is -3.96. The van der Waals surface area contributed by atoms with Crippen molar-refractivity contribution in [3.63, 3.8) is 0 Å². The van der Waals surface area contributed by atoms with Crippen LogP contribution in [-0.4, -0.2) is 82.7 Å². The van der Waals surface area contributed by atoms with E-state index in [-0.39, 0.29) is 16.7 Å². The molecule has 3 aromatic rings. The maximum absolute atomic E-state index is 14.1. The van der Waals surface area contributed by atoms with Gasteiger partial charge in [-0.1, -0.05) is 44.9 Å². The van der Waals surface area contributed by atoms with Crippen molar-refractivity contribution in [2.75, 3.05) is 5.75 Å². The van der Waals surface area contributed by atoms with Crippen molar-refractivity contribution in [2.24, 2.45) is 0 Å². The van der Waals surface area contributed by atoms with Crippen LogP contribution in [0.15, 0.2) is 73.1 Å². The number of halogens is 2. The topological polar surface area (TPSA) is 175 Å². The zero-order valence-electron chi connectivity index (χ0n) is 27.7. The van der Waals surface area contributed by atoms with Gasteiger partial charge in [-0.05, 0) is 68.1 Å². The molecular weight excluding hydrogens is 658 g/mol. The van der Waals surface area contributed by atoms with E-state index in [4.69, 9.17) is 0 Å². The lowest BCUT2D eigenvalue weighted by Crippen LogP contribution is -2.59. The van der Waals surface area contributed by atoms with E-state index in [9.17, 15) is 41.8 Å². The molecule has 0 unspecified atom stereocenters. The maximum Gasteiger partial charge on any atom is 0.253 e. The summed E-state index contributed by atoms with van der Waals surface area (Å²) in [6.07, 6.45) is 0.503. The van der Waals surface area contributed by atoms with Crippen LogP contribution in [-0.2, 0) is 21.1 Å². The standard InChI is InChI=1S/C35H44F2N4O7S/c1-4-10-28(11-5-2)49(47,48)21-30(41-34(45)25-14-9-15-38-20-25)35(46)40-29(18-23-16-26(36)19-27(37)17-23)32(43)31(42)22(3)39-33(44)24-12-7-6-8-13-24/h6-9,12-17,19-20,22,28-32,42-43H,4-5,10-11,18,21H2,1-3H3,(H,39,44)(H,40,46)(H,41,45)/t22-,29+,30-,31-,32-/m1/s1. The van der Waals surface area contributed by atoms with Crippen LogP contribution in [0.2, 0.25) is 0 Å². The molecule has 3 rings (SSSR count). The fourth-order valence-corrected chi connectivity index (χ4v) is 7.62. The molecule has 266 valence electrons. The number of nitrogens with zero attached hydrogens (tertiary/aromatic N) is 1. The van der Waals surface area contributed by atoms with E-state index in [0.29, 0.717) is 31.7 Å². The van der Waals surface area contributed by atoms with Gasteiger partial charge in [-0.15, -0.1) is 0 Å². The number of benzene rings is 2. The van der Waals surface area contributed by atoms with Gasteiger partial charge in [0.1, 0.15) is 29.9 Å². The number of hydrogen-bond acceptors (Lipinski definition) is 8. The van der Waals surface area contributed by atoms with Gasteiger partial charge < -0.3 is 26.2 Å². The molecule has 3 amide bonds. The number of hydrogen-bond donors (Lipinski definition) is 5. The number of nitrogens with one attached hydrogen (secondary N) is 3. The highest BCUT2D eigenvalue weighted by Gasteiger charge is 2.37. The first-order chi connectivity index (χ1) is 23.2. The zero-order valence-corrected chi connectivity index (χ0v) is 28.5. The van der Waals surface area contributed by atoms with E-state index < -0.39 is 87.0 Å². The molecule has 0 radical (unpaired) electrons. The normalized spacial score (nSPS) is 14.7. The number of amides is 3. The second-order valence-electron chi connectivity index (χ2n) is 12.0. The summed E-state index contributed by atoms with van der Waals surface area (Å²) < 4.78 is 55.5. The summed E-state index contributed by atoms with van der Waals surface area (Å²) in [5.41, 5.74) is 0.347. The molecule has 0 bridgehead atoms. The van der Waals surface area contributed by atoms with Gasteiger partial charge in [0, 0.05) is 24.0 Å². The van der Waals surface area contributed by atoms with Crippen LogP contribution in [0.25, 0.3) is 0 Å². The van der Waals surface area contributed by atoms with Gasteiger partial charge in [0.25, 0.3) is 11.8 Å². The maximum atomic E-state index is 14.1. The molecule has 5 atom stereocenters. The smallest absolute Gasteiger partial charge is 0.253 e. The number of aliphatic hydroxyl groups excluding tert-OH is 2. The summed E-state index contributed by atoms with van der Waals surface area (Å²) in [6, 6.07) is 9.39. The van der Waals surface area contributed by atoms with Gasteiger partial charge in [-0.25, -0.2) is 17.2 Å². The lowest BCUT2D eigenvalue weighted by molar-refractivity contribution is -0.125. The third-order valence-electron chi connectivity index (χ3n) is 8.05. The Hall–Kier alpha value is -4.27. The highest BCUT2D eigenvalue weighted by Crippen LogP contribution is 2.19. The lowest BCUT2D eigenvalue weighted by atomic mass is 9.94. The van der Waals surface area contributed by atoms with Crippen LogP contribution in [0.5, 0.6) is 0 Å². The summed E-state index contributed by atoms with van der Waals surface area (Å²) in [5.74, 6) is -4.99. The summed E-state index contributed by atoms with van der Waals surface area (Å²) in [4.78, 5) is 43.6. The quantitative estimate of drug-likeness (QED) is 0.134. The summed E-state index contributed by atoms with van der Waals surface area (Å²) in [6.45, 7) is 5.09. The van der Waals surface area contributed by atoms with Gasteiger partial charge in [-0.3, -0.25) is 19.4 Å². The van der Waals surface area contributed by atoms with Crippen molar-refractivity contribution >= 4 is 27.6 Å². The van der Waals surface area contributed by atoms with Crippen molar-refractivity contribution in [2.45, 2.75) is 88.5 Å². The fraction of sp³-hybridized carbons (Fsp3) is 0.429. The molecule has 0 aliphatic carbocycles. The molecule has 0 spiro atoms. The summed E-state index contributed by atoms with van der Waals surface area (Å²) >= 11 is 0.